The van der Waals surface area contributed by atoms with Crippen molar-refractivity contribution in [1.29, 1.82) is 5.26 Å². The highest BCUT2D eigenvalue weighted by Gasteiger charge is 2.38. The molecule has 1 saturated heterocycles. The second-order valence-electron chi connectivity index (χ2n) is 6.68. The van der Waals surface area contributed by atoms with Crippen LogP contribution in [0.25, 0.3) is 0 Å². The zero-order chi connectivity index (χ0) is 19.9. The van der Waals surface area contributed by atoms with E-state index < -0.39 is 11.6 Å². The molecule has 3 aromatic rings. The van der Waals surface area contributed by atoms with E-state index in [1.54, 1.807) is 29.5 Å². The van der Waals surface area contributed by atoms with Crippen LogP contribution in [0.4, 0.5) is 5.00 Å². The molecule has 0 saturated carbocycles. The van der Waals surface area contributed by atoms with E-state index in [-0.39, 0.29) is 5.91 Å². The van der Waals surface area contributed by atoms with Gasteiger partial charge in [0.2, 0.25) is 0 Å². The summed E-state index contributed by atoms with van der Waals surface area (Å²) in [5.41, 5.74) is 0.162. The molecule has 1 aliphatic rings. The van der Waals surface area contributed by atoms with Gasteiger partial charge in [-0.1, -0.05) is 39.3 Å². The largest absolute Gasteiger partial charge is 0.379 e. The maximum absolute atomic E-state index is 12.9. The van der Waals surface area contributed by atoms with Crippen molar-refractivity contribution >= 4 is 38.2 Å². The number of halogens is 1. The number of aromatic nitrogens is 3. The number of nitriles is 1. The SMILES string of the molecule is CC(O)(c1cn(C2CCN(c3sccc3C#N)C2=O)nn1)c1ccccc1Br. The first kappa shape index (κ1) is 18.8. The summed E-state index contributed by atoms with van der Waals surface area (Å²) < 4.78 is 2.27. The number of hydrogen-bond acceptors (Lipinski definition) is 6. The van der Waals surface area contributed by atoms with E-state index in [2.05, 4.69) is 32.3 Å². The Morgan fingerprint density at radius 1 is 1.39 bits per heavy atom. The summed E-state index contributed by atoms with van der Waals surface area (Å²) in [6.07, 6.45) is 2.17. The maximum Gasteiger partial charge on any atom is 0.252 e. The second kappa shape index (κ2) is 7.13. The molecule has 1 amide bonds. The highest BCUT2D eigenvalue weighted by atomic mass is 79.9. The Bertz CT molecular complexity index is 1080. The summed E-state index contributed by atoms with van der Waals surface area (Å²) in [4.78, 5) is 14.5. The van der Waals surface area contributed by atoms with Crippen LogP contribution in [0, 0.1) is 11.3 Å². The van der Waals surface area contributed by atoms with Crippen molar-refractivity contribution in [3.8, 4) is 6.07 Å². The van der Waals surface area contributed by atoms with Crippen molar-refractivity contribution in [1.82, 2.24) is 15.0 Å². The van der Waals surface area contributed by atoms with Gasteiger partial charge in [-0.2, -0.15) is 5.26 Å². The minimum absolute atomic E-state index is 0.129. The highest BCUT2D eigenvalue weighted by Crippen LogP contribution is 2.36. The molecule has 4 rings (SSSR count). The number of rotatable bonds is 4. The Morgan fingerprint density at radius 3 is 2.93 bits per heavy atom. The van der Waals surface area contributed by atoms with Crippen LogP contribution in [0.15, 0.2) is 46.4 Å². The lowest BCUT2D eigenvalue weighted by atomic mass is 9.93. The van der Waals surface area contributed by atoms with Crippen molar-refractivity contribution in [3.63, 3.8) is 0 Å². The minimum Gasteiger partial charge on any atom is -0.379 e. The monoisotopic (exact) mass is 457 g/mol. The molecule has 0 aliphatic carbocycles. The Morgan fingerprint density at radius 2 is 2.18 bits per heavy atom. The van der Waals surface area contributed by atoms with Crippen LogP contribution in [-0.2, 0) is 10.4 Å². The minimum atomic E-state index is -1.36. The summed E-state index contributed by atoms with van der Waals surface area (Å²) >= 11 is 4.83. The third-order valence-corrected chi connectivity index (χ3v) is 6.54. The average Bonchev–Trinajstić information content (AvgIpc) is 3.40. The summed E-state index contributed by atoms with van der Waals surface area (Å²) in [7, 11) is 0. The quantitative estimate of drug-likeness (QED) is 0.648. The molecule has 3 heterocycles. The van der Waals surface area contributed by atoms with Gasteiger partial charge in [0.05, 0.1) is 11.8 Å². The first-order valence-corrected chi connectivity index (χ1v) is 10.3. The maximum atomic E-state index is 12.9. The van der Waals surface area contributed by atoms with Gasteiger partial charge in [-0.3, -0.25) is 4.79 Å². The topological polar surface area (TPSA) is 95.0 Å². The van der Waals surface area contributed by atoms with Crippen LogP contribution < -0.4 is 4.90 Å². The van der Waals surface area contributed by atoms with Gasteiger partial charge in [0.25, 0.3) is 5.91 Å². The van der Waals surface area contributed by atoms with Crippen molar-refractivity contribution in [3.05, 3.63) is 63.2 Å². The van der Waals surface area contributed by atoms with E-state index in [9.17, 15) is 15.2 Å². The molecule has 2 unspecified atom stereocenters. The van der Waals surface area contributed by atoms with E-state index >= 15 is 0 Å². The molecule has 2 atom stereocenters. The van der Waals surface area contributed by atoms with Gasteiger partial charge in [0, 0.05) is 16.6 Å². The van der Waals surface area contributed by atoms with Crippen LogP contribution in [-0.4, -0.2) is 32.6 Å². The lowest BCUT2D eigenvalue weighted by Gasteiger charge is -2.22. The lowest BCUT2D eigenvalue weighted by molar-refractivity contribution is -0.120. The normalized spacial score (nSPS) is 18.9. The Balaban J connectivity index is 1.61. The van der Waals surface area contributed by atoms with Gasteiger partial charge in [0.1, 0.15) is 28.4 Å². The molecule has 1 aliphatic heterocycles. The van der Waals surface area contributed by atoms with Gasteiger partial charge in [-0.15, -0.1) is 16.4 Å². The Labute approximate surface area is 174 Å². The van der Waals surface area contributed by atoms with E-state index in [1.165, 1.54) is 16.0 Å². The fraction of sp³-hybridized carbons (Fsp3) is 0.263. The first-order valence-electron chi connectivity index (χ1n) is 8.62. The number of aliphatic hydroxyl groups is 1. The fourth-order valence-electron chi connectivity index (χ4n) is 3.35. The molecule has 0 spiro atoms. The number of benzene rings is 1. The van der Waals surface area contributed by atoms with E-state index in [1.807, 2.05) is 24.3 Å². The standard InChI is InChI=1S/C19H16BrN5O2S/c1-19(27,13-4-2-3-5-14(13)20)16-11-25(23-22-16)15-6-8-24(17(15)26)18-12(10-21)7-9-28-18/h2-5,7,9,11,15,27H,6,8H2,1H3. The van der Waals surface area contributed by atoms with Crippen LogP contribution in [0.2, 0.25) is 0 Å². The third kappa shape index (κ3) is 3.03. The summed E-state index contributed by atoms with van der Waals surface area (Å²) in [5.74, 6) is -0.129. The third-order valence-electron chi connectivity index (χ3n) is 4.91. The van der Waals surface area contributed by atoms with Crippen LogP contribution >= 0.6 is 27.3 Å². The number of anilines is 1. The molecular weight excluding hydrogens is 442 g/mol. The van der Waals surface area contributed by atoms with Gasteiger partial charge < -0.3 is 10.0 Å². The smallest absolute Gasteiger partial charge is 0.252 e. The number of carbonyl (C=O) groups excluding carboxylic acids is 1. The number of carbonyl (C=O) groups is 1. The molecule has 28 heavy (non-hydrogen) atoms. The molecule has 0 radical (unpaired) electrons. The number of amides is 1. The summed E-state index contributed by atoms with van der Waals surface area (Å²) in [6.45, 7) is 2.16. The van der Waals surface area contributed by atoms with Crippen molar-refractivity contribution < 1.29 is 9.90 Å². The predicted octanol–water partition coefficient (Wildman–Crippen LogP) is 3.21. The predicted molar refractivity (Wildman–Crippen MR) is 108 cm³/mol. The fourth-order valence-corrected chi connectivity index (χ4v) is 4.91. The molecule has 0 bridgehead atoms. The van der Waals surface area contributed by atoms with Crippen LogP contribution in [0.5, 0.6) is 0 Å². The zero-order valence-electron chi connectivity index (χ0n) is 14.9. The summed E-state index contributed by atoms with van der Waals surface area (Å²) in [6, 6.07) is 10.7. The lowest BCUT2D eigenvalue weighted by Crippen LogP contribution is -2.28. The Hall–Kier alpha value is -2.54. The molecule has 2 aromatic heterocycles. The molecule has 142 valence electrons. The van der Waals surface area contributed by atoms with Crippen LogP contribution in [0.3, 0.4) is 0 Å². The molecule has 1 aromatic carbocycles. The van der Waals surface area contributed by atoms with Gasteiger partial charge in [-0.05, 0) is 30.9 Å². The molecule has 1 N–H and O–H groups in total. The molecule has 9 heteroatoms. The van der Waals surface area contributed by atoms with E-state index in [0.717, 1.165) is 4.47 Å². The van der Waals surface area contributed by atoms with Gasteiger partial charge >= 0.3 is 0 Å². The number of nitrogens with zero attached hydrogens (tertiary/aromatic N) is 5. The molecular formula is C19H16BrN5O2S. The number of hydrogen-bond donors (Lipinski definition) is 1. The van der Waals surface area contributed by atoms with Gasteiger partial charge in [-0.25, -0.2) is 4.68 Å². The average molecular weight is 458 g/mol. The van der Waals surface area contributed by atoms with E-state index in [0.29, 0.717) is 34.8 Å². The Kier molecular flexibility index (Phi) is 4.79. The molecule has 7 nitrogen and oxygen atoms in total. The molecule has 1 fully saturated rings. The summed E-state index contributed by atoms with van der Waals surface area (Å²) in [5, 5.41) is 31.0. The first-order chi connectivity index (χ1) is 13.4. The van der Waals surface area contributed by atoms with Crippen molar-refractivity contribution in [2.24, 2.45) is 0 Å². The van der Waals surface area contributed by atoms with Crippen molar-refractivity contribution in [2.75, 3.05) is 11.4 Å². The number of thiophene rings is 1. The van der Waals surface area contributed by atoms with E-state index in [4.69, 9.17) is 0 Å². The van der Waals surface area contributed by atoms with Gasteiger partial charge in [0.15, 0.2) is 0 Å². The van der Waals surface area contributed by atoms with Crippen molar-refractivity contribution in [2.45, 2.75) is 25.0 Å². The highest BCUT2D eigenvalue weighted by molar-refractivity contribution is 9.10. The van der Waals surface area contributed by atoms with Crippen LogP contribution in [0.1, 0.15) is 36.2 Å². The zero-order valence-corrected chi connectivity index (χ0v) is 17.3. The second-order valence-corrected chi connectivity index (χ2v) is 8.43.